The van der Waals surface area contributed by atoms with E-state index in [1.54, 1.807) is 0 Å². The Morgan fingerprint density at radius 3 is 1.14 bits per heavy atom. The molecule has 0 amide bonds. The zero-order chi connectivity index (χ0) is 45.0. The molecule has 2 heterocycles. The molecule has 6 rings (SSSR count). The van der Waals surface area contributed by atoms with Crippen molar-refractivity contribution in [1.29, 1.82) is 0 Å². The molecular formula is C34H26N10Na4O14S4. The molecular weight excluding hydrogens is 993 g/mol. The molecule has 0 radical (unpaired) electrons. The topological polar surface area (TPSA) is 386 Å². The third kappa shape index (κ3) is 16.4. The van der Waals surface area contributed by atoms with Gasteiger partial charge in [0.05, 0.1) is 56.6 Å². The van der Waals surface area contributed by atoms with E-state index >= 15 is 0 Å². The van der Waals surface area contributed by atoms with Crippen molar-refractivity contribution in [2.75, 3.05) is 14.2 Å². The summed E-state index contributed by atoms with van der Waals surface area (Å²) in [5.41, 5.74) is -1.35. The monoisotopic (exact) mass is 1020 g/mol. The second-order valence-corrected chi connectivity index (χ2v) is 17.6. The number of aromatic nitrogens is 6. The Morgan fingerprint density at radius 1 is 0.470 bits per heavy atom. The molecule has 0 aliphatic carbocycles. The van der Waals surface area contributed by atoms with Gasteiger partial charge < -0.3 is 27.7 Å². The molecule has 0 aliphatic rings. The van der Waals surface area contributed by atoms with E-state index in [9.17, 15) is 51.9 Å². The van der Waals surface area contributed by atoms with Gasteiger partial charge in [0.1, 0.15) is 40.5 Å². The second-order valence-electron chi connectivity index (χ2n) is 12.1. The van der Waals surface area contributed by atoms with Gasteiger partial charge in [-0.3, -0.25) is 19.9 Å². The van der Waals surface area contributed by atoms with Crippen LogP contribution in [0.3, 0.4) is 0 Å². The van der Waals surface area contributed by atoms with E-state index in [-0.39, 0.29) is 187 Å². The van der Waals surface area contributed by atoms with Gasteiger partial charge in [-0.2, -0.15) is 9.97 Å². The molecule has 0 bridgehead atoms. The standard InChI is InChI=1S/C34H30N10O14S4.4Na/c1-57-33-41-29(35-21-5-3-7-25(15-21)59(45,46)47)39-31(43-33)37-23-13-11-19(27(17-23)61(51,52)53)9-10-20-12-14-24(18-28(20)62(54,55)56)38-32-40-30(42-34(44-32)58-2)36-22-6-4-8-26(16-22)60(48,49)50;;;;/h3-18H,1-2H3,(H,45,46,47)(H,48,49,50)(H,51,52,53)(H,54,55,56)(H2,35,37,39,41,43)(H2,36,38,40,42,44);;;;/q;4*+1/p-4/b10-9+;;;;. The first-order valence-corrected chi connectivity index (χ1v) is 22.4. The maximum atomic E-state index is 12.4. The summed E-state index contributed by atoms with van der Waals surface area (Å²) < 4.78 is 153. The number of nitrogens with one attached hydrogen (secondary N) is 4. The summed E-state index contributed by atoms with van der Waals surface area (Å²) in [7, 11) is -17.6. The first-order chi connectivity index (χ1) is 29.1. The average Bonchev–Trinajstić information content (AvgIpc) is 3.19. The second kappa shape index (κ2) is 24.6. The molecule has 4 N–H and O–H groups in total. The first-order valence-electron chi connectivity index (χ1n) is 16.8. The molecule has 0 atom stereocenters. The predicted molar refractivity (Wildman–Crippen MR) is 206 cm³/mol. The Bertz CT molecular complexity index is 3310. The summed E-state index contributed by atoms with van der Waals surface area (Å²) in [5, 5.41) is 0. The maximum absolute atomic E-state index is 12.4. The van der Waals surface area contributed by atoms with Gasteiger partial charge >= 0.3 is 118 Å². The SMILES string of the molecule is COc1nc(=Nc2cccc(S(=O)(=O)[O-])c2)[nH]c(=Nc2ccc(/C=C/c3ccc(N=c4[nH]c(OC)nc(=Nc5cccc(S(=O)(=O)[O-])c5)[nH]4)cc3S(=O)(=O)[O-])c(S(=O)(=O)[O-])c2)[nH]1.[Na+].[Na+].[Na+].[Na+]. The van der Waals surface area contributed by atoms with Crippen LogP contribution in [0.5, 0.6) is 12.0 Å². The molecule has 0 aliphatic heterocycles. The zero-order valence-corrected chi connectivity index (χ0v) is 46.5. The Balaban J connectivity index is 0.00000374. The number of H-pyrrole nitrogens is 4. The third-order valence-corrected chi connectivity index (χ3v) is 11.3. The Kier molecular flexibility index (Phi) is 22.0. The van der Waals surface area contributed by atoms with E-state index in [4.69, 9.17) is 9.47 Å². The van der Waals surface area contributed by atoms with Crippen LogP contribution >= 0.6 is 0 Å². The number of hydrogen-bond acceptors (Lipinski definition) is 20. The normalized spacial score (nSPS) is 13.0. The third-order valence-electron chi connectivity index (χ3n) is 7.85. The molecule has 0 unspecified atom stereocenters. The van der Waals surface area contributed by atoms with Crippen molar-refractivity contribution in [3.63, 3.8) is 0 Å². The molecule has 0 saturated heterocycles. The minimum atomic E-state index is -5.23. The molecule has 4 aromatic carbocycles. The van der Waals surface area contributed by atoms with E-state index in [2.05, 4.69) is 49.9 Å². The van der Waals surface area contributed by atoms with Crippen LogP contribution in [-0.4, -0.2) is 96.0 Å². The molecule has 0 spiro atoms. The van der Waals surface area contributed by atoms with E-state index in [0.29, 0.717) is 0 Å². The van der Waals surface area contributed by atoms with Gasteiger partial charge in [-0.25, -0.2) is 53.6 Å². The summed E-state index contributed by atoms with van der Waals surface area (Å²) in [5.74, 6) is 0. The van der Waals surface area contributed by atoms with Gasteiger partial charge in [-0.15, -0.1) is 0 Å². The zero-order valence-electron chi connectivity index (χ0n) is 35.3. The minimum absolute atomic E-state index is 0. The van der Waals surface area contributed by atoms with E-state index in [0.717, 1.165) is 48.6 Å². The van der Waals surface area contributed by atoms with Crippen molar-refractivity contribution < 1.29 is 180 Å². The Hall–Kier alpha value is -2.92. The van der Waals surface area contributed by atoms with Crippen molar-refractivity contribution in [3.8, 4) is 12.0 Å². The number of benzene rings is 4. The number of rotatable bonds is 12. The van der Waals surface area contributed by atoms with E-state index in [1.165, 1.54) is 62.8 Å². The fourth-order valence-corrected chi connectivity index (χ4v) is 7.59. The van der Waals surface area contributed by atoms with Crippen molar-refractivity contribution in [2.45, 2.75) is 19.6 Å². The number of methoxy groups -OCH3 is 2. The fraction of sp³-hybridized carbons (Fsp3) is 0.0588. The summed E-state index contributed by atoms with van der Waals surface area (Å²) in [6, 6.07) is 15.9. The largest absolute Gasteiger partial charge is 1.00 e. The molecule has 32 heteroatoms. The summed E-state index contributed by atoms with van der Waals surface area (Å²) in [6.45, 7) is 0. The van der Waals surface area contributed by atoms with Gasteiger partial charge in [-0.1, -0.05) is 36.4 Å². The van der Waals surface area contributed by atoms with Crippen LogP contribution in [0.15, 0.2) is 124 Å². The molecule has 0 fully saturated rings. The average molecular weight is 1020 g/mol. The summed E-state index contributed by atoms with van der Waals surface area (Å²) in [6.07, 6.45) is 2.15. The van der Waals surface area contributed by atoms with E-state index in [1.807, 2.05) is 0 Å². The minimum Gasteiger partial charge on any atom is -0.744 e. The van der Waals surface area contributed by atoms with Gasteiger partial charge in [0.15, 0.2) is 0 Å². The van der Waals surface area contributed by atoms with Gasteiger partial charge in [0.2, 0.25) is 22.5 Å². The van der Waals surface area contributed by atoms with Crippen LogP contribution < -0.4 is 150 Å². The number of hydrogen-bond donors (Lipinski definition) is 4. The van der Waals surface area contributed by atoms with Crippen molar-refractivity contribution in [1.82, 2.24) is 29.9 Å². The molecule has 66 heavy (non-hydrogen) atoms. The van der Waals surface area contributed by atoms with Crippen LogP contribution in [0.1, 0.15) is 11.1 Å². The van der Waals surface area contributed by atoms with E-state index < -0.39 is 60.1 Å². The number of ether oxygens (including phenoxy) is 2. The van der Waals surface area contributed by atoms with Gasteiger partial charge in [0, 0.05) is 0 Å². The van der Waals surface area contributed by atoms with Crippen molar-refractivity contribution in [2.24, 2.45) is 20.0 Å². The van der Waals surface area contributed by atoms with Crippen LogP contribution in [-0.2, 0) is 40.5 Å². The predicted octanol–water partition coefficient (Wildman–Crippen LogP) is -11.5. The quantitative estimate of drug-likeness (QED) is 0.0502. The van der Waals surface area contributed by atoms with Crippen LogP contribution in [0.2, 0.25) is 0 Å². The fourth-order valence-electron chi connectivity index (χ4n) is 5.19. The van der Waals surface area contributed by atoms with Crippen molar-refractivity contribution >= 4 is 75.4 Å². The van der Waals surface area contributed by atoms with Crippen LogP contribution in [0.25, 0.3) is 12.2 Å². The number of aromatic amines is 4. The Morgan fingerprint density at radius 2 is 0.818 bits per heavy atom. The first kappa shape index (κ1) is 59.2. The number of nitrogens with zero attached hydrogens (tertiary/aromatic N) is 6. The van der Waals surface area contributed by atoms with Crippen LogP contribution in [0, 0.1) is 0 Å². The smallest absolute Gasteiger partial charge is 0.744 e. The van der Waals surface area contributed by atoms with Gasteiger partial charge in [0.25, 0.3) is 12.0 Å². The van der Waals surface area contributed by atoms with Crippen LogP contribution in [0.4, 0.5) is 22.7 Å². The van der Waals surface area contributed by atoms with Crippen molar-refractivity contribution in [3.05, 3.63) is 119 Å². The summed E-state index contributed by atoms with van der Waals surface area (Å²) >= 11 is 0. The molecule has 324 valence electrons. The molecule has 24 nitrogen and oxygen atoms in total. The summed E-state index contributed by atoms with van der Waals surface area (Å²) in [4.78, 5) is 32.8. The molecule has 0 saturated carbocycles. The van der Waals surface area contributed by atoms with Gasteiger partial charge in [-0.05, 0) is 71.8 Å². The molecule has 2 aromatic heterocycles. The molecule has 6 aromatic rings. The Labute approximate surface area is 463 Å². The maximum Gasteiger partial charge on any atom is 1.00 e.